The summed E-state index contributed by atoms with van der Waals surface area (Å²) in [5, 5.41) is 8.55. The molecular weight excluding hydrogens is 316 g/mol. The minimum Gasteiger partial charge on any atom is -0.340 e. The van der Waals surface area contributed by atoms with Gasteiger partial charge in [0.1, 0.15) is 0 Å². The molecule has 1 aromatic carbocycles. The third kappa shape index (κ3) is 7.85. The highest BCUT2D eigenvalue weighted by molar-refractivity contribution is 5.94. The Balaban J connectivity index is 0.00000484. The van der Waals surface area contributed by atoms with Crippen molar-refractivity contribution in [1.82, 2.24) is 20.9 Å². The van der Waals surface area contributed by atoms with Crippen LogP contribution in [0.2, 0.25) is 0 Å². The van der Waals surface area contributed by atoms with Gasteiger partial charge in [-0.15, -0.1) is 12.4 Å². The fourth-order valence-corrected chi connectivity index (χ4v) is 1.86. The lowest BCUT2D eigenvalue weighted by molar-refractivity contribution is 0.0797. The monoisotopic (exact) mass is 342 g/mol. The van der Waals surface area contributed by atoms with Crippen LogP contribution in [0.25, 0.3) is 0 Å². The molecule has 0 fully saturated rings. The van der Waals surface area contributed by atoms with Crippen LogP contribution in [0.5, 0.6) is 0 Å². The highest BCUT2D eigenvalue weighted by Gasteiger charge is 2.11. The zero-order chi connectivity index (χ0) is 16.5. The SMILES string of the molecule is CNCCN(C)C(=O)c1ccc(CNC(=O)NC(C)C)cc1.Cl. The molecule has 3 N–H and O–H groups in total. The van der Waals surface area contributed by atoms with Crippen molar-refractivity contribution in [3.8, 4) is 0 Å². The number of carbonyl (C=O) groups excluding carboxylic acids is 2. The molecule has 1 rings (SSSR count). The van der Waals surface area contributed by atoms with E-state index < -0.39 is 0 Å². The fraction of sp³-hybridized carbons (Fsp3) is 0.500. The Morgan fingerprint density at radius 3 is 2.30 bits per heavy atom. The quantitative estimate of drug-likeness (QED) is 0.704. The lowest BCUT2D eigenvalue weighted by atomic mass is 10.1. The van der Waals surface area contributed by atoms with Gasteiger partial charge in [0.15, 0.2) is 0 Å². The molecule has 7 heteroatoms. The molecule has 0 aliphatic rings. The zero-order valence-corrected chi connectivity index (χ0v) is 15.0. The van der Waals surface area contributed by atoms with E-state index in [1.165, 1.54) is 0 Å². The maximum atomic E-state index is 12.2. The summed E-state index contributed by atoms with van der Waals surface area (Å²) < 4.78 is 0. The highest BCUT2D eigenvalue weighted by Crippen LogP contribution is 2.07. The number of amides is 3. The number of rotatable bonds is 7. The van der Waals surface area contributed by atoms with Gasteiger partial charge in [-0.05, 0) is 38.6 Å². The molecule has 1 aromatic rings. The topological polar surface area (TPSA) is 73.5 Å². The van der Waals surface area contributed by atoms with Crippen LogP contribution in [0.4, 0.5) is 4.79 Å². The van der Waals surface area contributed by atoms with Gasteiger partial charge in [0.2, 0.25) is 0 Å². The van der Waals surface area contributed by atoms with Gasteiger partial charge in [0.25, 0.3) is 5.91 Å². The Hall–Kier alpha value is -1.79. The van der Waals surface area contributed by atoms with Crippen molar-refractivity contribution >= 4 is 24.3 Å². The Morgan fingerprint density at radius 1 is 1.17 bits per heavy atom. The van der Waals surface area contributed by atoms with E-state index >= 15 is 0 Å². The number of nitrogens with zero attached hydrogens (tertiary/aromatic N) is 1. The van der Waals surface area contributed by atoms with Gasteiger partial charge >= 0.3 is 6.03 Å². The molecule has 0 aliphatic carbocycles. The van der Waals surface area contributed by atoms with Crippen molar-refractivity contribution < 1.29 is 9.59 Å². The predicted molar refractivity (Wildman–Crippen MR) is 95.1 cm³/mol. The first-order chi connectivity index (χ1) is 10.4. The first kappa shape index (κ1) is 21.2. The fourth-order valence-electron chi connectivity index (χ4n) is 1.86. The standard InChI is InChI=1S/C16H26N4O2.ClH/c1-12(2)19-16(22)18-11-13-5-7-14(8-6-13)15(21)20(4)10-9-17-3;/h5-8,12,17H,9-11H2,1-4H3,(H2,18,19,22);1H. The molecule has 0 aliphatic heterocycles. The normalized spacial score (nSPS) is 9.96. The Bertz CT molecular complexity index is 491. The average molecular weight is 343 g/mol. The van der Waals surface area contributed by atoms with E-state index in [1.54, 1.807) is 24.1 Å². The van der Waals surface area contributed by atoms with Crippen molar-refractivity contribution in [1.29, 1.82) is 0 Å². The summed E-state index contributed by atoms with van der Waals surface area (Å²) in [4.78, 5) is 25.4. The average Bonchev–Trinajstić information content (AvgIpc) is 2.49. The van der Waals surface area contributed by atoms with Crippen LogP contribution in [0.15, 0.2) is 24.3 Å². The number of likely N-dealkylation sites (N-methyl/N-ethyl adjacent to an activating group) is 2. The number of hydrogen-bond acceptors (Lipinski definition) is 3. The Labute approximate surface area is 144 Å². The molecular formula is C16H27ClN4O2. The second kappa shape index (κ2) is 10.9. The molecule has 0 unspecified atom stereocenters. The number of urea groups is 1. The zero-order valence-electron chi connectivity index (χ0n) is 14.2. The van der Waals surface area contributed by atoms with Gasteiger partial charge in [-0.2, -0.15) is 0 Å². The number of benzene rings is 1. The van der Waals surface area contributed by atoms with Crippen LogP contribution >= 0.6 is 12.4 Å². The van der Waals surface area contributed by atoms with Crippen LogP contribution < -0.4 is 16.0 Å². The summed E-state index contributed by atoms with van der Waals surface area (Å²) in [7, 11) is 3.64. The maximum absolute atomic E-state index is 12.2. The Morgan fingerprint density at radius 2 is 1.78 bits per heavy atom. The molecule has 6 nitrogen and oxygen atoms in total. The van der Waals surface area contributed by atoms with Gasteiger partial charge in [0.05, 0.1) is 0 Å². The summed E-state index contributed by atoms with van der Waals surface area (Å²) in [5.41, 5.74) is 1.60. The first-order valence-electron chi connectivity index (χ1n) is 7.47. The molecule has 0 spiro atoms. The van der Waals surface area contributed by atoms with E-state index in [4.69, 9.17) is 0 Å². The third-order valence-corrected chi connectivity index (χ3v) is 3.12. The summed E-state index contributed by atoms with van der Waals surface area (Å²) in [6, 6.07) is 7.20. The number of hydrogen-bond donors (Lipinski definition) is 3. The van der Waals surface area contributed by atoms with Crippen LogP contribution in [0.1, 0.15) is 29.8 Å². The smallest absolute Gasteiger partial charge is 0.315 e. The molecule has 0 aromatic heterocycles. The molecule has 0 radical (unpaired) electrons. The van der Waals surface area contributed by atoms with E-state index in [0.717, 1.165) is 12.1 Å². The molecule has 23 heavy (non-hydrogen) atoms. The maximum Gasteiger partial charge on any atom is 0.315 e. The van der Waals surface area contributed by atoms with Crippen LogP contribution in [-0.4, -0.2) is 50.1 Å². The predicted octanol–water partition coefficient (Wildman–Crippen LogP) is 1.61. The van der Waals surface area contributed by atoms with Gasteiger partial charge in [0, 0.05) is 38.3 Å². The van der Waals surface area contributed by atoms with E-state index in [1.807, 2.05) is 33.0 Å². The Kier molecular flexibility index (Phi) is 10.0. The van der Waals surface area contributed by atoms with Crippen LogP contribution in [-0.2, 0) is 6.54 Å². The van der Waals surface area contributed by atoms with Crippen molar-refractivity contribution in [2.75, 3.05) is 27.2 Å². The molecule has 0 bridgehead atoms. The summed E-state index contributed by atoms with van der Waals surface area (Å²) in [5.74, 6) is -0.00712. The third-order valence-electron chi connectivity index (χ3n) is 3.12. The molecule has 0 saturated carbocycles. The van der Waals surface area contributed by atoms with Crippen molar-refractivity contribution in [3.63, 3.8) is 0 Å². The highest BCUT2D eigenvalue weighted by atomic mass is 35.5. The van der Waals surface area contributed by atoms with Crippen molar-refractivity contribution in [2.45, 2.75) is 26.4 Å². The lowest BCUT2D eigenvalue weighted by Gasteiger charge is -2.17. The van der Waals surface area contributed by atoms with E-state index in [-0.39, 0.29) is 30.4 Å². The summed E-state index contributed by atoms with van der Waals surface area (Å²) in [6.07, 6.45) is 0. The molecule has 0 atom stereocenters. The minimum atomic E-state index is -0.193. The minimum absolute atomic E-state index is 0. The number of halogens is 1. The van der Waals surface area contributed by atoms with Crippen LogP contribution in [0.3, 0.4) is 0 Å². The second-order valence-electron chi connectivity index (χ2n) is 5.51. The first-order valence-corrected chi connectivity index (χ1v) is 7.47. The van der Waals surface area contributed by atoms with E-state index in [9.17, 15) is 9.59 Å². The van der Waals surface area contributed by atoms with Crippen molar-refractivity contribution in [2.24, 2.45) is 0 Å². The molecule has 3 amide bonds. The number of nitrogens with one attached hydrogen (secondary N) is 3. The summed E-state index contributed by atoms with van der Waals surface area (Å²) in [6.45, 7) is 5.67. The number of carbonyl (C=O) groups is 2. The molecule has 130 valence electrons. The lowest BCUT2D eigenvalue weighted by Crippen LogP contribution is -2.39. The van der Waals surface area contributed by atoms with Gasteiger partial charge < -0.3 is 20.9 Å². The van der Waals surface area contributed by atoms with Crippen LogP contribution in [0, 0.1) is 0 Å². The second-order valence-corrected chi connectivity index (χ2v) is 5.51. The van der Waals surface area contributed by atoms with Gasteiger partial charge in [-0.25, -0.2) is 4.79 Å². The van der Waals surface area contributed by atoms with Gasteiger partial charge in [-0.3, -0.25) is 4.79 Å². The largest absolute Gasteiger partial charge is 0.340 e. The van der Waals surface area contributed by atoms with E-state index in [2.05, 4.69) is 16.0 Å². The molecule has 0 heterocycles. The summed E-state index contributed by atoms with van der Waals surface area (Å²) >= 11 is 0. The molecule has 0 saturated heterocycles. The van der Waals surface area contributed by atoms with Gasteiger partial charge in [-0.1, -0.05) is 12.1 Å². The van der Waals surface area contributed by atoms with Crippen molar-refractivity contribution in [3.05, 3.63) is 35.4 Å². The van der Waals surface area contributed by atoms with E-state index in [0.29, 0.717) is 18.7 Å².